The van der Waals surface area contributed by atoms with Crippen LogP contribution in [0.4, 0.5) is 0 Å². The number of rotatable bonds is 7. The van der Waals surface area contributed by atoms with Gasteiger partial charge in [0, 0.05) is 13.1 Å². The first-order chi connectivity index (χ1) is 9.64. The zero-order chi connectivity index (χ0) is 14.4. The molecule has 0 atom stereocenters. The van der Waals surface area contributed by atoms with Gasteiger partial charge in [0.1, 0.15) is 0 Å². The zero-order valence-electron chi connectivity index (χ0n) is 12.1. The largest absolute Gasteiger partial charge is 0.317 e. The van der Waals surface area contributed by atoms with Crippen molar-refractivity contribution in [2.24, 2.45) is 0 Å². The Morgan fingerprint density at radius 3 is 2.40 bits per heavy atom. The van der Waals surface area contributed by atoms with Crippen molar-refractivity contribution < 1.29 is 8.42 Å². The third kappa shape index (κ3) is 3.81. The molecule has 0 saturated carbocycles. The van der Waals surface area contributed by atoms with Crippen molar-refractivity contribution in [3.05, 3.63) is 29.8 Å². The van der Waals surface area contributed by atoms with Crippen LogP contribution in [-0.2, 0) is 16.4 Å². The minimum Gasteiger partial charge on any atom is -0.317 e. The molecule has 0 spiro atoms. The first-order valence-corrected chi connectivity index (χ1v) is 8.88. The first-order valence-electron chi connectivity index (χ1n) is 7.44. The lowest BCUT2D eigenvalue weighted by atomic mass is 10.1. The lowest BCUT2D eigenvalue weighted by Gasteiger charge is -2.15. The summed E-state index contributed by atoms with van der Waals surface area (Å²) >= 11 is 0. The highest BCUT2D eigenvalue weighted by atomic mass is 32.2. The number of benzene rings is 1. The molecule has 5 heteroatoms. The number of nitrogens with one attached hydrogen (secondary N) is 1. The molecular formula is C15H24N2O2S. The molecule has 0 aliphatic carbocycles. The minimum atomic E-state index is -3.26. The maximum atomic E-state index is 12.4. The number of sulfonamides is 1. The van der Waals surface area contributed by atoms with Crippen molar-refractivity contribution in [3.63, 3.8) is 0 Å². The van der Waals surface area contributed by atoms with Crippen molar-refractivity contribution in [2.45, 2.75) is 37.5 Å². The van der Waals surface area contributed by atoms with E-state index in [0.717, 1.165) is 38.8 Å². The second-order valence-electron chi connectivity index (χ2n) is 5.21. The van der Waals surface area contributed by atoms with E-state index < -0.39 is 10.0 Å². The first kappa shape index (κ1) is 15.5. The lowest BCUT2D eigenvalue weighted by molar-refractivity contribution is 0.477. The van der Waals surface area contributed by atoms with Gasteiger partial charge >= 0.3 is 0 Å². The minimum absolute atomic E-state index is 0.426. The van der Waals surface area contributed by atoms with Gasteiger partial charge in [-0.05, 0) is 56.5 Å². The predicted octanol–water partition coefficient (Wildman–Crippen LogP) is 2.01. The summed E-state index contributed by atoms with van der Waals surface area (Å²) in [6.07, 6.45) is 4.01. The summed E-state index contributed by atoms with van der Waals surface area (Å²) in [4.78, 5) is 0.426. The van der Waals surface area contributed by atoms with Crippen LogP contribution in [0.2, 0.25) is 0 Å². The highest BCUT2D eigenvalue weighted by Crippen LogP contribution is 2.21. The molecule has 0 amide bonds. The molecule has 1 fully saturated rings. The van der Waals surface area contributed by atoms with Crippen molar-refractivity contribution in [1.29, 1.82) is 0 Å². The smallest absolute Gasteiger partial charge is 0.243 e. The fourth-order valence-corrected chi connectivity index (χ4v) is 4.02. The van der Waals surface area contributed by atoms with Crippen LogP contribution in [-0.4, -0.2) is 38.9 Å². The summed E-state index contributed by atoms with van der Waals surface area (Å²) in [5.41, 5.74) is 1.20. The Kier molecular flexibility index (Phi) is 5.57. The fourth-order valence-electron chi connectivity index (χ4n) is 2.50. The molecule has 0 unspecified atom stereocenters. The van der Waals surface area contributed by atoms with Crippen molar-refractivity contribution in [3.8, 4) is 0 Å². The van der Waals surface area contributed by atoms with Crippen LogP contribution < -0.4 is 5.32 Å². The Morgan fingerprint density at radius 1 is 1.15 bits per heavy atom. The van der Waals surface area contributed by atoms with Gasteiger partial charge in [0.25, 0.3) is 0 Å². The second kappa shape index (κ2) is 7.20. The Balaban J connectivity index is 1.97. The maximum Gasteiger partial charge on any atom is 0.243 e. The van der Waals surface area contributed by atoms with Crippen LogP contribution in [0.15, 0.2) is 29.2 Å². The van der Waals surface area contributed by atoms with E-state index in [1.807, 2.05) is 12.1 Å². The highest BCUT2D eigenvalue weighted by molar-refractivity contribution is 7.89. The third-order valence-corrected chi connectivity index (χ3v) is 5.61. The van der Waals surface area contributed by atoms with Crippen molar-refractivity contribution in [1.82, 2.24) is 9.62 Å². The van der Waals surface area contributed by atoms with E-state index in [9.17, 15) is 8.42 Å². The van der Waals surface area contributed by atoms with Gasteiger partial charge in [-0.2, -0.15) is 4.31 Å². The van der Waals surface area contributed by atoms with Gasteiger partial charge in [-0.25, -0.2) is 8.42 Å². The molecule has 1 aliphatic rings. The molecule has 0 aromatic heterocycles. The molecule has 1 saturated heterocycles. The number of aryl methyl sites for hydroxylation is 1. The van der Waals surface area contributed by atoms with Gasteiger partial charge in [0.2, 0.25) is 10.0 Å². The van der Waals surface area contributed by atoms with Crippen LogP contribution in [0, 0.1) is 0 Å². The summed E-state index contributed by atoms with van der Waals surface area (Å²) in [6, 6.07) is 7.37. The molecule has 1 N–H and O–H groups in total. The number of nitrogens with zero attached hydrogens (tertiary/aromatic N) is 1. The fraction of sp³-hybridized carbons (Fsp3) is 0.600. The molecule has 1 heterocycles. The van der Waals surface area contributed by atoms with E-state index in [2.05, 4.69) is 12.2 Å². The quantitative estimate of drug-likeness (QED) is 0.783. The van der Waals surface area contributed by atoms with Crippen LogP contribution in [0.1, 0.15) is 31.7 Å². The predicted molar refractivity (Wildman–Crippen MR) is 81.3 cm³/mol. The molecule has 0 radical (unpaired) electrons. The molecule has 0 bridgehead atoms. The van der Waals surface area contributed by atoms with E-state index in [0.29, 0.717) is 18.0 Å². The summed E-state index contributed by atoms with van der Waals surface area (Å²) in [7, 11) is -3.26. The molecular weight excluding hydrogens is 272 g/mol. The summed E-state index contributed by atoms with van der Waals surface area (Å²) in [5.74, 6) is 0. The second-order valence-corrected chi connectivity index (χ2v) is 7.15. The molecule has 1 aliphatic heterocycles. The highest BCUT2D eigenvalue weighted by Gasteiger charge is 2.26. The van der Waals surface area contributed by atoms with Gasteiger partial charge in [-0.3, -0.25) is 0 Å². The zero-order valence-corrected chi connectivity index (χ0v) is 13.0. The van der Waals surface area contributed by atoms with Gasteiger partial charge in [-0.1, -0.05) is 19.1 Å². The van der Waals surface area contributed by atoms with Crippen LogP contribution >= 0.6 is 0 Å². The Bertz CT molecular complexity index is 505. The third-order valence-electron chi connectivity index (χ3n) is 3.70. The van der Waals surface area contributed by atoms with Gasteiger partial charge < -0.3 is 5.32 Å². The normalized spacial score (nSPS) is 16.6. The van der Waals surface area contributed by atoms with E-state index in [-0.39, 0.29) is 0 Å². The summed E-state index contributed by atoms with van der Waals surface area (Å²) in [6.45, 7) is 5.41. The summed E-state index contributed by atoms with van der Waals surface area (Å²) < 4.78 is 26.3. The number of hydrogen-bond donors (Lipinski definition) is 1. The van der Waals surface area contributed by atoms with Crippen LogP contribution in [0.3, 0.4) is 0 Å². The molecule has 2 rings (SSSR count). The molecule has 1 aromatic rings. The van der Waals surface area contributed by atoms with E-state index in [1.54, 1.807) is 16.4 Å². The standard InChI is InChI=1S/C15H24N2O2S/c1-2-16-11-5-6-14-7-9-15(10-8-14)20(18,19)17-12-3-4-13-17/h7-10,16H,2-6,11-13H2,1H3. The monoisotopic (exact) mass is 296 g/mol. The van der Waals surface area contributed by atoms with Gasteiger partial charge in [0.05, 0.1) is 4.90 Å². The topological polar surface area (TPSA) is 49.4 Å². The molecule has 112 valence electrons. The van der Waals surface area contributed by atoms with Crippen LogP contribution in [0.25, 0.3) is 0 Å². The van der Waals surface area contributed by atoms with Crippen LogP contribution in [0.5, 0.6) is 0 Å². The van der Waals surface area contributed by atoms with E-state index in [1.165, 1.54) is 5.56 Å². The Labute approximate surface area is 122 Å². The van der Waals surface area contributed by atoms with E-state index >= 15 is 0 Å². The van der Waals surface area contributed by atoms with Gasteiger partial charge in [-0.15, -0.1) is 0 Å². The maximum absolute atomic E-state index is 12.4. The lowest BCUT2D eigenvalue weighted by Crippen LogP contribution is -2.27. The van der Waals surface area contributed by atoms with E-state index in [4.69, 9.17) is 0 Å². The summed E-state index contributed by atoms with van der Waals surface area (Å²) in [5, 5.41) is 3.29. The van der Waals surface area contributed by atoms with Crippen molar-refractivity contribution in [2.75, 3.05) is 26.2 Å². The molecule has 4 nitrogen and oxygen atoms in total. The average Bonchev–Trinajstić information content (AvgIpc) is 2.99. The SMILES string of the molecule is CCNCCCc1ccc(S(=O)(=O)N2CCCC2)cc1. The average molecular weight is 296 g/mol. The Hall–Kier alpha value is -0.910. The van der Waals surface area contributed by atoms with Gasteiger partial charge in [0.15, 0.2) is 0 Å². The number of hydrogen-bond acceptors (Lipinski definition) is 3. The van der Waals surface area contributed by atoms with Crippen molar-refractivity contribution >= 4 is 10.0 Å². The molecule has 20 heavy (non-hydrogen) atoms. The molecule has 1 aromatic carbocycles. The Morgan fingerprint density at radius 2 is 1.80 bits per heavy atom.